The first-order valence-corrected chi connectivity index (χ1v) is 11.3. The molecule has 1 N–H and O–H groups in total. The minimum Gasteiger partial charge on any atom is -0.493 e. The van der Waals surface area contributed by atoms with Crippen molar-refractivity contribution in [2.75, 3.05) is 6.61 Å². The monoisotopic (exact) mass is 425 g/mol. The molecular weight excluding hydrogens is 390 g/mol. The molecule has 1 aromatic heterocycles. The molecule has 0 radical (unpaired) electrons. The highest BCUT2D eigenvalue weighted by molar-refractivity contribution is 5.82. The van der Waals surface area contributed by atoms with Gasteiger partial charge in [0.05, 0.1) is 12.8 Å². The van der Waals surface area contributed by atoms with Crippen LogP contribution in [0.1, 0.15) is 63.5 Å². The van der Waals surface area contributed by atoms with Gasteiger partial charge in [-0.15, -0.1) is 0 Å². The van der Waals surface area contributed by atoms with E-state index in [1.165, 1.54) is 5.56 Å². The summed E-state index contributed by atoms with van der Waals surface area (Å²) in [5.74, 6) is 1.62. The number of hydrogen-bond acceptors (Lipinski definition) is 5. The molecule has 1 aliphatic rings. The van der Waals surface area contributed by atoms with Crippen LogP contribution >= 0.6 is 0 Å². The van der Waals surface area contributed by atoms with Gasteiger partial charge in [-0.1, -0.05) is 26.0 Å². The Labute approximate surface area is 185 Å². The second-order valence-electron chi connectivity index (χ2n) is 9.21. The van der Waals surface area contributed by atoms with E-state index in [0.29, 0.717) is 12.5 Å². The lowest BCUT2D eigenvalue weighted by Gasteiger charge is -2.32. The van der Waals surface area contributed by atoms with Crippen LogP contribution in [0, 0.1) is 19.3 Å². The van der Waals surface area contributed by atoms with Crippen molar-refractivity contribution in [3.05, 3.63) is 47.9 Å². The van der Waals surface area contributed by atoms with Crippen molar-refractivity contribution in [3.63, 3.8) is 0 Å². The van der Waals surface area contributed by atoms with E-state index in [2.05, 4.69) is 47.3 Å². The number of benzene rings is 1. The topological polar surface area (TPSA) is 73.3 Å². The Bertz CT molecular complexity index is 846. The van der Waals surface area contributed by atoms with E-state index >= 15 is 0 Å². The summed E-state index contributed by atoms with van der Waals surface area (Å²) in [5.41, 5.74) is 1.91. The van der Waals surface area contributed by atoms with Crippen molar-refractivity contribution >= 4 is 5.91 Å². The number of rotatable bonds is 9. The van der Waals surface area contributed by atoms with Crippen molar-refractivity contribution in [2.45, 2.75) is 78.4 Å². The summed E-state index contributed by atoms with van der Waals surface area (Å²) in [6.07, 6.45) is 10.3. The zero-order chi connectivity index (χ0) is 22.3. The fourth-order valence-electron chi connectivity index (χ4n) is 3.90. The number of aromatic nitrogens is 2. The Hall–Kier alpha value is -2.63. The predicted octanol–water partition coefficient (Wildman–Crippen LogP) is 4.79. The average Bonchev–Trinajstić information content (AvgIpc) is 2.75. The Morgan fingerprint density at radius 2 is 1.94 bits per heavy atom. The van der Waals surface area contributed by atoms with Gasteiger partial charge in [0.2, 0.25) is 11.8 Å². The summed E-state index contributed by atoms with van der Waals surface area (Å²) < 4.78 is 11.8. The van der Waals surface area contributed by atoms with Gasteiger partial charge in [0.1, 0.15) is 11.9 Å². The molecule has 6 heteroatoms. The molecule has 1 aliphatic carbocycles. The van der Waals surface area contributed by atoms with E-state index in [9.17, 15) is 4.79 Å². The molecule has 6 nitrogen and oxygen atoms in total. The van der Waals surface area contributed by atoms with Crippen molar-refractivity contribution in [2.24, 2.45) is 5.41 Å². The van der Waals surface area contributed by atoms with Crippen molar-refractivity contribution < 1.29 is 14.3 Å². The minimum atomic E-state index is -0.419. The van der Waals surface area contributed by atoms with Crippen LogP contribution in [0.4, 0.5) is 0 Å². The molecular formula is C25H35N3O3. The van der Waals surface area contributed by atoms with E-state index in [0.717, 1.165) is 49.8 Å². The summed E-state index contributed by atoms with van der Waals surface area (Å²) in [5, 5.41) is 3.26. The van der Waals surface area contributed by atoms with Crippen LogP contribution in [0.2, 0.25) is 0 Å². The highest BCUT2D eigenvalue weighted by atomic mass is 16.5. The predicted molar refractivity (Wildman–Crippen MR) is 121 cm³/mol. The summed E-state index contributed by atoms with van der Waals surface area (Å²) >= 11 is 0. The van der Waals surface area contributed by atoms with Gasteiger partial charge in [-0.3, -0.25) is 9.78 Å². The molecule has 1 saturated carbocycles. The molecule has 31 heavy (non-hydrogen) atoms. The molecule has 0 saturated heterocycles. The Balaban J connectivity index is 1.37. The van der Waals surface area contributed by atoms with E-state index in [-0.39, 0.29) is 18.1 Å². The number of amides is 1. The van der Waals surface area contributed by atoms with Crippen LogP contribution in [0.15, 0.2) is 36.8 Å². The maximum atomic E-state index is 12.9. The lowest BCUT2D eigenvalue weighted by atomic mass is 9.85. The van der Waals surface area contributed by atoms with Gasteiger partial charge >= 0.3 is 0 Å². The number of nitrogens with one attached hydrogen (secondary N) is 1. The number of ether oxygens (including phenoxy) is 2. The average molecular weight is 426 g/mol. The molecule has 2 aromatic rings. The number of carbonyl (C=O) groups is 1. The Morgan fingerprint density at radius 3 is 2.65 bits per heavy atom. The van der Waals surface area contributed by atoms with Gasteiger partial charge < -0.3 is 14.8 Å². The molecule has 0 unspecified atom stereocenters. The van der Waals surface area contributed by atoms with Gasteiger partial charge in [0, 0.05) is 23.9 Å². The normalized spacial score (nSPS) is 19.0. The van der Waals surface area contributed by atoms with Crippen LogP contribution < -0.4 is 14.8 Å². The lowest BCUT2D eigenvalue weighted by Crippen LogP contribution is -2.45. The maximum absolute atomic E-state index is 12.9. The highest BCUT2D eigenvalue weighted by Crippen LogP contribution is 2.27. The van der Waals surface area contributed by atoms with Crippen LogP contribution in [0.25, 0.3) is 0 Å². The quantitative estimate of drug-likeness (QED) is 0.585. The fraction of sp³-hybridized carbons (Fsp3) is 0.560. The molecule has 168 valence electrons. The van der Waals surface area contributed by atoms with Crippen molar-refractivity contribution in [3.8, 4) is 11.6 Å². The maximum Gasteiger partial charge on any atom is 0.232 e. The lowest BCUT2D eigenvalue weighted by molar-refractivity contribution is -0.130. The first-order valence-electron chi connectivity index (χ1n) is 11.3. The van der Waals surface area contributed by atoms with Crippen molar-refractivity contribution in [1.82, 2.24) is 15.3 Å². The van der Waals surface area contributed by atoms with E-state index < -0.39 is 5.41 Å². The second kappa shape index (κ2) is 10.6. The number of carbonyl (C=O) groups excluding carboxylic acids is 1. The number of aryl methyl sites for hydroxylation is 2. The fourth-order valence-corrected chi connectivity index (χ4v) is 3.90. The van der Waals surface area contributed by atoms with Crippen molar-refractivity contribution in [1.29, 1.82) is 0 Å². The smallest absolute Gasteiger partial charge is 0.232 e. The van der Waals surface area contributed by atoms with Crippen LogP contribution in [0.5, 0.6) is 11.6 Å². The van der Waals surface area contributed by atoms with Crippen LogP contribution in [-0.4, -0.2) is 34.6 Å². The first-order chi connectivity index (χ1) is 14.8. The zero-order valence-electron chi connectivity index (χ0n) is 19.2. The van der Waals surface area contributed by atoms with Gasteiger partial charge in [-0.05, 0) is 69.6 Å². The van der Waals surface area contributed by atoms with Gasteiger partial charge in [-0.25, -0.2) is 4.98 Å². The molecule has 1 heterocycles. The third-order valence-electron chi connectivity index (χ3n) is 6.00. The summed E-state index contributed by atoms with van der Waals surface area (Å²) in [4.78, 5) is 21.1. The van der Waals surface area contributed by atoms with Crippen LogP contribution in [0.3, 0.4) is 0 Å². The molecule has 1 aromatic carbocycles. The summed E-state index contributed by atoms with van der Waals surface area (Å²) in [6.45, 7) is 8.77. The Kier molecular flexibility index (Phi) is 7.88. The summed E-state index contributed by atoms with van der Waals surface area (Å²) in [7, 11) is 0. The molecule has 0 spiro atoms. The Morgan fingerprint density at radius 1 is 1.16 bits per heavy atom. The highest BCUT2D eigenvalue weighted by Gasteiger charge is 2.31. The van der Waals surface area contributed by atoms with Crippen LogP contribution in [-0.2, 0) is 4.79 Å². The molecule has 0 aliphatic heterocycles. The van der Waals surface area contributed by atoms with Gasteiger partial charge in [-0.2, -0.15) is 0 Å². The number of nitrogens with zero attached hydrogens (tertiary/aromatic N) is 2. The van der Waals surface area contributed by atoms with Gasteiger partial charge in [0.15, 0.2) is 0 Å². The molecule has 3 rings (SSSR count). The second-order valence-corrected chi connectivity index (χ2v) is 9.21. The minimum absolute atomic E-state index is 0.123. The van der Waals surface area contributed by atoms with E-state index in [4.69, 9.17) is 9.47 Å². The molecule has 1 amide bonds. The molecule has 0 atom stereocenters. The standard InChI is InChI=1S/C25H35N3O3/c1-18-6-7-19(2)22(16-18)30-15-5-12-25(3,4)24(29)28-20-8-10-21(11-9-20)31-23-17-26-13-14-27-23/h6-7,13-14,16-17,20-21H,5,8-12,15H2,1-4H3,(H,28,29). The SMILES string of the molecule is Cc1ccc(C)c(OCCCC(C)(C)C(=O)NC2CCC(Oc3cnccn3)CC2)c1. The third-order valence-corrected chi connectivity index (χ3v) is 6.00. The molecule has 0 bridgehead atoms. The van der Waals surface area contributed by atoms with Gasteiger partial charge in [0.25, 0.3) is 0 Å². The largest absolute Gasteiger partial charge is 0.493 e. The zero-order valence-corrected chi connectivity index (χ0v) is 19.2. The summed E-state index contributed by atoms with van der Waals surface area (Å²) in [6, 6.07) is 6.44. The number of hydrogen-bond donors (Lipinski definition) is 1. The molecule has 1 fully saturated rings. The third kappa shape index (κ3) is 6.94. The van der Waals surface area contributed by atoms with E-state index in [1.807, 2.05) is 13.8 Å². The van der Waals surface area contributed by atoms with E-state index in [1.54, 1.807) is 18.6 Å². The first kappa shape index (κ1) is 23.0.